The zero-order chi connectivity index (χ0) is 15.5. The molecule has 1 aromatic heterocycles. The molecule has 2 heterocycles. The molecule has 0 spiro atoms. The lowest BCUT2D eigenvalue weighted by molar-refractivity contribution is 0.0974. The van der Waals surface area contributed by atoms with Crippen molar-refractivity contribution in [1.82, 2.24) is 19.6 Å². The normalized spacial score (nSPS) is 24.7. The standard InChI is InChI=1S/C16H31N5/c1-14(2)21-8-5-6-16(13-17,7-9-21)19(3)11-15-10-18-20(4)12-15/h10,12,14H,5-9,11,13,17H2,1-4H3. The van der Waals surface area contributed by atoms with Gasteiger partial charge in [-0.15, -0.1) is 0 Å². The third-order valence-electron chi connectivity index (χ3n) is 5.05. The number of hydrogen-bond acceptors (Lipinski definition) is 4. The molecule has 1 saturated heterocycles. The van der Waals surface area contributed by atoms with Crippen molar-refractivity contribution in [3.8, 4) is 0 Å². The first-order valence-corrected chi connectivity index (χ1v) is 8.10. The maximum absolute atomic E-state index is 6.21. The lowest BCUT2D eigenvalue weighted by Crippen LogP contribution is -2.52. The largest absolute Gasteiger partial charge is 0.329 e. The number of likely N-dealkylation sites (N-methyl/N-ethyl adjacent to an activating group) is 1. The van der Waals surface area contributed by atoms with Gasteiger partial charge in [0, 0.05) is 50.0 Å². The van der Waals surface area contributed by atoms with Crippen LogP contribution in [0, 0.1) is 0 Å². The Morgan fingerprint density at radius 2 is 2.14 bits per heavy atom. The van der Waals surface area contributed by atoms with E-state index in [0.29, 0.717) is 6.04 Å². The molecule has 1 fully saturated rings. The van der Waals surface area contributed by atoms with Crippen molar-refractivity contribution >= 4 is 0 Å². The predicted octanol–water partition coefficient (Wildman–Crippen LogP) is 1.44. The van der Waals surface area contributed by atoms with Crippen molar-refractivity contribution in [2.24, 2.45) is 12.8 Å². The minimum absolute atomic E-state index is 0.124. The first kappa shape index (κ1) is 16.5. The topological polar surface area (TPSA) is 50.3 Å². The van der Waals surface area contributed by atoms with E-state index in [-0.39, 0.29) is 5.54 Å². The van der Waals surface area contributed by atoms with Crippen LogP contribution in [0.4, 0.5) is 0 Å². The number of aromatic nitrogens is 2. The molecule has 5 nitrogen and oxygen atoms in total. The second-order valence-electron chi connectivity index (χ2n) is 6.79. The Labute approximate surface area is 129 Å². The summed E-state index contributed by atoms with van der Waals surface area (Å²) in [6.45, 7) is 8.57. The van der Waals surface area contributed by atoms with Crippen LogP contribution in [0.25, 0.3) is 0 Å². The first-order valence-electron chi connectivity index (χ1n) is 8.10. The van der Waals surface area contributed by atoms with Crippen LogP contribution >= 0.6 is 0 Å². The van der Waals surface area contributed by atoms with Crippen molar-refractivity contribution in [1.29, 1.82) is 0 Å². The molecule has 2 rings (SSSR count). The maximum atomic E-state index is 6.21. The Morgan fingerprint density at radius 1 is 1.38 bits per heavy atom. The number of aryl methyl sites for hydroxylation is 1. The molecule has 1 aliphatic heterocycles. The SMILES string of the molecule is CC(C)N1CCCC(CN)(N(C)Cc2cnn(C)c2)CC1. The average molecular weight is 293 g/mol. The van der Waals surface area contributed by atoms with Crippen LogP contribution in [0.1, 0.15) is 38.7 Å². The van der Waals surface area contributed by atoms with Gasteiger partial charge < -0.3 is 10.6 Å². The fraction of sp³-hybridized carbons (Fsp3) is 0.812. The summed E-state index contributed by atoms with van der Waals surface area (Å²) in [6.07, 6.45) is 7.62. The highest BCUT2D eigenvalue weighted by molar-refractivity contribution is 5.05. The third-order valence-corrected chi connectivity index (χ3v) is 5.05. The summed E-state index contributed by atoms with van der Waals surface area (Å²) >= 11 is 0. The second-order valence-corrected chi connectivity index (χ2v) is 6.79. The van der Waals surface area contributed by atoms with Crippen molar-refractivity contribution in [3.05, 3.63) is 18.0 Å². The van der Waals surface area contributed by atoms with Gasteiger partial charge in [0.25, 0.3) is 0 Å². The lowest BCUT2D eigenvalue weighted by atomic mass is 9.88. The number of likely N-dealkylation sites (tertiary alicyclic amines) is 1. The van der Waals surface area contributed by atoms with Gasteiger partial charge in [-0.1, -0.05) is 0 Å². The molecule has 120 valence electrons. The Balaban J connectivity index is 2.05. The van der Waals surface area contributed by atoms with Crippen LogP contribution in [-0.2, 0) is 13.6 Å². The average Bonchev–Trinajstić information content (AvgIpc) is 2.74. The smallest absolute Gasteiger partial charge is 0.0534 e. The zero-order valence-electron chi connectivity index (χ0n) is 14.0. The van der Waals surface area contributed by atoms with Gasteiger partial charge in [0.1, 0.15) is 0 Å². The molecule has 0 radical (unpaired) electrons. The van der Waals surface area contributed by atoms with Gasteiger partial charge in [0.15, 0.2) is 0 Å². The van der Waals surface area contributed by atoms with Crippen LogP contribution < -0.4 is 5.73 Å². The molecule has 0 aromatic carbocycles. The van der Waals surface area contributed by atoms with Crippen LogP contribution in [-0.4, -0.2) is 57.8 Å². The molecule has 0 bridgehead atoms. The molecule has 0 amide bonds. The van der Waals surface area contributed by atoms with E-state index in [4.69, 9.17) is 5.73 Å². The fourth-order valence-corrected chi connectivity index (χ4v) is 3.45. The summed E-state index contributed by atoms with van der Waals surface area (Å²) in [7, 11) is 4.18. The van der Waals surface area contributed by atoms with E-state index in [9.17, 15) is 0 Å². The summed E-state index contributed by atoms with van der Waals surface area (Å²) < 4.78 is 1.87. The molecule has 1 atom stereocenters. The maximum Gasteiger partial charge on any atom is 0.0534 e. The number of nitrogens with zero attached hydrogens (tertiary/aromatic N) is 4. The quantitative estimate of drug-likeness (QED) is 0.892. The number of nitrogens with two attached hydrogens (primary N) is 1. The van der Waals surface area contributed by atoms with Crippen LogP contribution in [0.2, 0.25) is 0 Å². The molecule has 0 aliphatic carbocycles. The van der Waals surface area contributed by atoms with Gasteiger partial charge in [-0.3, -0.25) is 9.58 Å². The molecule has 21 heavy (non-hydrogen) atoms. The summed E-state index contributed by atoms with van der Waals surface area (Å²) in [6, 6.07) is 0.627. The first-order chi connectivity index (χ1) is 9.97. The molecule has 2 N–H and O–H groups in total. The molecular weight excluding hydrogens is 262 g/mol. The molecular formula is C16H31N5. The molecule has 5 heteroatoms. The molecule has 1 aliphatic rings. The highest BCUT2D eigenvalue weighted by Gasteiger charge is 2.35. The van der Waals surface area contributed by atoms with Crippen LogP contribution in [0.5, 0.6) is 0 Å². The Bertz CT molecular complexity index is 442. The monoisotopic (exact) mass is 293 g/mol. The molecule has 0 saturated carbocycles. The van der Waals surface area contributed by atoms with Gasteiger partial charge in [-0.25, -0.2) is 0 Å². The summed E-state index contributed by atoms with van der Waals surface area (Å²) in [5, 5.41) is 4.27. The van der Waals surface area contributed by atoms with E-state index in [0.717, 1.165) is 26.1 Å². The van der Waals surface area contributed by atoms with Crippen molar-refractivity contribution in [2.45, 2.75) is 51.2 Å². The van der Waals surface area contributed by atoms with Gasteiger partial charge in [0.2, 0.25) is 0 Å². The molecule has 1 aromatic rings. The lowest BCUT2D eigenvalue weighted by Gasteiger charge is -2.41. The summed E-state index contributed by atoms with van der Waals surface area (Å²) in [5.74, 6) is 0. The number of rotatable bonds is 5. The summed E-state index contributed by atoms with van der Waals surface area (Å²) in [5.41, 5.74) is 7.59. The van der Waals surface area contributed by atoms with E-state index in [1.54, 1.807) is 0 Å². The van der Waals surface area contributed by atoms with Crippen molar-refractivity contribution < 1.29 is 0 Å². The van der Waals surface area contributed by atoms with E-state index < -0.39 is 0 Å². The van der Waals surface area contributed by atoms with E-state index >= 15 is 0 Å². The van der Waals surface area contributed by atoms with Gasteiger partial charge in [0.05, 0.1) is 6.20 Å². The van der Waals surface area contributed by atoms with Crippen LogP contribution in [0.3, 0.4) is 0 Å². The predicted molar refractivity (Wildman–Crippen MR) is 87.0 cm³/mol. The Morgan fingerprint density at radius 3 is 2.71 bits per heavy atom. The van der Waals surface area contributed by atoms with Crippen molar-refractivity contribution in [2.75, 3.05) is 26.7 Å². The van der Waals surface area contributed by atoms with Gasteiger partial charge >= 0.3 is 0 Å². The minimum atomic E-state index is 0.124. The Kier molecular flexibility index (Phi) is 5.41. The van der Waals surface area contributed by atoms with Gasteiger partial charge in [-0.05, 0) is 46.7 Å². The van der Waals surface area contributed by atoms with E-state index in [1.165, 1.54) is 24.9 Å². The van der Waals surface area contributed by atoms with Gasteiger partial charge in [-0.2, -0.15) is 5.10 Å². The zero-order valence-corrected chi connectivity index (χ0v) is 14.0. The Hall–Kier alpha value is -0.910. The summed E-state index contributed by atoms with van der Waals surface area (Å²) in [4.78, 5) is 5.03. The second kappa shape index (κ2) is 6.90. The van der Waals surface area contributed by atoms with Crippen molar-refractivity contribution in [3.63, 3.8) is 0 Å². The fourth-order valence-electron chi connectivity index (χ4n) is 3.45. The highest BCUT2D eigenvalue weighted by Crippen LogP contribution is 2.29. The molecule has 1 unspecified atom stereocenters. The highest BCUT2D eigenvalue weighted by atomic mass is 15.3. The minimum Gasteiger partial charge on any atom is -0.329 e. The number of hydrogen-bond donors (Lipinski definition) is 1. The van der Waals surface area contributed by atoms with E-state index in [1.807, 2.05) is 17.9 Å². The third kappa shape index (κ3) is 3.84. The van der Waals surface area contributed by atoms with Crippen LogP contribution in [0.15, 0.2) is 12.4 Å². The van der Waals surface area contributed by atoms with E-state index in [2.05, 4.69) is 42.0 Å².